The summed E-state index contributed by atoms with van der Waals surface area (Å²) in [7, 11) is 0. The Balaban J connectivity index is 1.83. The molecule has 1 aliphatic rings. The van der Waals surface area contributed by atoms with Crippen molar-refractivity contribution in [2.75, 3.05) is 16.8 Å². The van der Waals surface area contributed by atoms with Crippen molar-refractivity contribution in [3.8, 4) is 0 Å². The van der Waals surface area contributed by atoms with Crippen LogP contribution in [0.25, 0.3) is 0 Å². The standard InChI is InChI=1S/C17H18N2O2S/c1-11-8-15(22-10-11)17(21)18-13-6-5-12(2)14(9-13)19-7-3-4-16(19)20/h5-6,8-10H,3-4,7H2,1-2H3,(H,18,21). The lowest BCUT2D eigenvalue weighted by Gasteiger charge is -2.19. The minimum absolute atomic E-state index is 0.111. The lowest BCUT2D eigenvalue weighted by molar-refractivity contribution is -0.117. The molecule has 5 heteroatoms. The molecule has 1 fully saturated rings. The van der Waals surface area contributed by atoms with Crippen molar-refractivity contribution in [1.82, 2.24) is 0 Å². The maximum Gasteiger partial charge on any atom is 0.265 e. The Hall–Kier alpha value is -2.14. The molecule has 0 bridgehead atoms. The normalized spacial score (nSPS) is 14.5. The van der Waals surface area contributed by atoms with Crippen LogP contribution in [0.1, 0.15) is 33.6 Å². The van der Waals surface area contributed by atoms with E-state index >= 15 is 0 Å². The summed E-state index contributed by atoms with van der Waals surface area (Å²) in [5, 5.41) is 4.87. The molecule has 1 aromatic heterocycles. The molecule has 0 spiro atoms. The van der Waals surface area contributed by atoms with Crippen molar-refractivity contribution in [1.29, 1.82) is 0 Å². The zero-order valence-electron chi connectivity index (χ0n) is 12.7. The van der Waals surface area contributed by atoms with Gasteiger partial charge in [0, 0.05) is 24.3 Å². The third-order valence-corrected chi connectivity index (χ3v) is 4.83. The number of hydrogen-bond acceptors (Lipinski definition) is 3. The summed E-state index contributed by atoms with van der Waals surface area (Å²) in [6.45, 7) is 4.70. The summed E-state index contributed by atoms with van der Waals surface area (Å²) >= 11 is 1.43. The van der Waals surface area contributed by atoms with Gasteiger partial charge in [-0.15, -0.1) is 11.3 Å². The quantitative estimate of drug-likeness (QED) is 0.938. The van der Waals surface area contributed by atoms with Crippen LogP contribution in [0, 0.1) is 13.8 Å². The predicted octanol–water partition coefficient (Wildman–Crippen LogP) is 3.74. The highest BCUT2D eigenvalue weighted by atomic mass is 32.1. The first-order valence-corrected chi connectivity index (χ1v) is 8.20. The van der Waals surface area contributed by atoms with Crippen LogP contribution >= 0.6 is 11.3 Å². The van der Waals surface area contributed by atoms with E-state index < -0.39 is 0 Å². The number of aryl methyl sites for hydroxylation is 2. The van der Waals surface area contributed by atoms with Crippen LogP contribution in [0.15, 0.2) is 29.6 Å². The number of amides is 2. The second-order valence-electron chi connectivity index (χ2n) is 5.59. The molecule has 0 unspecified atom stereocenters. The van der Waals surface area contributed by atoms with Crippen molar-refractivity contribution in [3.63, 3.8) is 0 Å². The van der Waals surface area contributed by atoms with E-state index in [0.29, 0.717) is 11.3 Å². The maximum atomic E-state index is 12.2. The van der Waals surface area contributed by atoms with Gasteiger partial charge in [-0.05, 0) is 55.0 Å². The van der Waals surface area contributed by atoms with Gasteiger partial charge in [-0.2, -0.15) is 0 Å². The Kier molecular flexibility index (Phi) is 3.98. The van der Waals surface area contributed by atoms with E-state index in [1.54, 1.807) is 4.90 Å². The van der Waals surface area contributed by atoms with Gasteiger partial charge in [0.15, 0.2) is 0 Å². The summed E-state index contributed by atoms with van der Waals surface area (Å²) in [6.07, 6.45) is 1.49. The molecule has 2 aromatic rings. The highest BCUT2D eigenvalue weighted by Crippen LogP contribution is 2.28. The largest absolute Gasteiger partial charge is 0.321 e. The third-order valence-electron chi connectivity index (χ3n) is 3.79. The molecule has 0 saturated carbocycles. The average Bonchev–Trinajstić information content (AvgIpc) is 3.10. The first-order valence-electron chi connectivity index (χ1n) is 7.32. The summed E-state index contributed by atoms with van der Waals surface area (Å²) in [5.41, 5.74) is 3.74. The van der Waals surface area contributed by atoms with Crippen molar-refractivity contribution in [2.45, 2.75) is 26.7 Å². The number of carbonyl (C=O) groups is 2. The number of anilines is 2. The van der Waals surface area contributed by atoms with Crippen LogP contribution in [0.5, 0.6) is 0 Å². The van der Waals surface area contributed by atoms with E-state index in [2.05, 4.69) is 5.32 Å². The molecule has 22 heavy (non-hydrogen) atoms. The number of carbonyl (C=O) groups excluding carboxylic acids is 2. The van der Waals surface area contributed by atoms with Crippen LogP contribution in [0.4, 0.5) is 11.4 Å². The number of nitrogens with one attached hydrogen (secondary N) is 1. The average molecular weight is 314 g/mol. The van der Waals surface area contributed by atoms with Crippen LogP contribution < -0.4 is 10.2 Å². The fraction of sp³-hybridized carbons (Fsp3) is 0.294. The Morgan fingerprint density at radius 1 is 1.27 bits per heavy atom. The Morgan fingerprint density at radius 2 is 2.09 bits per heavy atom. The van der Waals surface area contributed by atoms with Crippen LogP contribution in [0.2, 0.25) is 0 Å². The monoisotopic (exact) mass is 314 g/mol. The fourth-order valence-corrected chi connectivity index (χ4v) is 3.42. The van der Waals surface area contributed by atoms with Crippen molar-refractivity contribution >= 4 is 34.5 Å². The molecule has 1 aliphatic heterocycles. The molecule has 2 amide bonds. The second-order valence-corrected chi connectivity index (χ2v) is 6.50. The Morgan fingerprint density at radius 3 is 2.73 bits per heavy atom. The van der Waals surface area contributed by atoms with E-state index in [1.165, 1.54) is 11.3 Å². The molecule has 1 aromatic carbocycles. The zero-order valence-corrected chi connectivity index (χ0v) is 13.5. The molecule has 3 rings (SSSR count). The minimum Gasteiger partial charge on any atom is -0.321 e. The number of rotatable bonds is 3. The van der Waals surface area contributed by atoms with E-state index in [0.717, 1.165) is 35.5 Å². The Labute approximate surface area is 133 Å². The molecule has 1 N–H and O–H groups in total. The summed E-state index contributed by atoms with van der Waals surface area (Å²) in [6, 6.07) is 7.57. The molecule has 4 nitrogen and oxygen atoms in total. The number of benzene rings is 1. The molecular weight excluding hydrogens is 296 g/mol. The fourth-order valence-electron chi connectivity index (χ4n) is 2.62. The van der Waals surface area contributed by atoms with E-state index in [1.807, 2.05) is 43.5 Å². The van der Waals surface area contributed by atoms with Crippen LogP contribution in [-0.4, -0.2) is 18.4 Å². The van der Waals surface area contributed by atoms with Crippen LogP contribution in [-0.2, 0) is 4.79 Å². The lowest BCUT2D eigenvalue weighted by Crippen LogP contribution is -2.24. The third kappa shape index (κ3) is 2.90. The van der Waals surface area contributed by atoms with Crippen LogP contribution in [0.3, 0.4) is 0 Å². The SMILES string of the molecule is Cc1csc(C(=O)Nc2ccc(C)c(N3CCCC3=O)c2)c1. The van der Waals surface area contributed by atoms with Crippen molar-refractivity contribution < 1.29 is 9.59 Å². The smallest absolute Gasteiger partial charge is 0.265 e. The molecule has 114 valence electrons. The van der Waals surface area contributed by atoms with Crippen molar-refractivity contribution in [3.05, 3.63) is 45.6 Å². The van der Waals surface area contributed by atoms with E-state index in [9.17, 15) is 9.59 Å². The molecule has 0 aliphatic carbocycles. The first-order chi connectivity index (χ1) is 10.5. The molecule has 0 atom stereocenters. The van der Waals surface area contributed by atoms with Gasteiger partial charge < -0.3 is 10.2 Å². The van der Waals surface area contributed by atoms with Gasteiger partial charge in [-0.3, -0.25) is 9.59 Å². The van der Waals surface area contributed by atoms with Gasteiger partial charge in [0.1, 0.15) is 0 Å². The number of thiophene rings is 1. The minimum atomic E-state index is -0.111. The summed E-state index contributed by atoms with van der Waals surface area (Å²) in [4.78, 5) is 26.7. The first kappa shape index (κ1) is 14.8. The number of hydrogen-bond donors (Lipinski definition) is 1. The highest BCUT2D eigenvalue weighted by molar-refractivity contribution is 7.12. The molecule has 1 saturated heterocycles. The van der Waals surface area contributed by atoms with Gasteiger partial charge in [0.05, 0.1) is 4.88 Å². The van der Waals surface area contributed by atoms with Crippen molar-refractivity contribution in [2.24, 2.45) is 0 Å². The van der Waals surface area contributed by atoms with Gasteiger partial charge in [-0.25, -0.2) is 0 Å². The van der Waals surface area contributed by atoms with E-state index in [-0.39, 0.29) is 11.8 Å². The zero-order chi connectivity index (χ0) is 15.7. The highest BCUT2D eigenvalue weighted by Gasteiger charge is 2.23. The predicted molar refractivity (Wildman–Crippen MR) is 89.8 cm³/mol. The van der Waals surface area contributed by atoms with Gasteiger partial charge in [0.25, 0.3) is 5.91 Å². The summed E-state index contributed by atoms with van der Waals surface area (Å²) in [5.74, 6) is 0.0427. The lowest BCUT2D eigenvalue weighted by atomic mass is 10.1. The topological polar surface area (TPSA) is 49.4 Å². The van der Waals surface area contributed by atoms with E-state index in [4.69, 9.17) is 0 Å². The molecule has 0 radical (unpaired) electrons. The number of nitrogens with zero attached hydrogens (tertiary/aromatic N) is 1. The van der Waals surface area contributed by atoms with Gasteiger partial charge in [0.2, 0.25) is 5.91 Å². The Bertz CT molecular complexity index is 736. The maximum absolute atomic E-state index is 12.2. The molecule has 2 heterocycles. The van der Waals surface area contributed by atoms with Gasteiger partial charge in [-0.1, -0.05) is 6.07 Å². The molecular formula is C17H18N2O2S. The second kappa shape index (κ2) is 5.93. The summed E-state index contributed by atoms with van der Waals surface area (Å²) < 4.78 is 0. The van der Waals surface area contributed by atoms with Gasteiger partial charge >= 0.3 is 0 Å².